The third-order valence-electron chi connectivity index (χ3n) is 3.36. The second-order valence-electron chi connectivity index (χ2n) is 5.22. The van der Waals surface area contributed by atoms with Gasteiger partial charge in [-0.2, -0.15) is 0 Å². The van der Waals surface area contributed by atoms with E-state index in [1.165, 1.54) is 19.6 Å². The van der Waals surface area contributed by atoms with Crippen LogP contribution in [-0.4, -0.2) is 47.7 Å². The van der Waals surface area contributed by atoms with E-state index in [-0.39, 0.29) is 6.61 Å². The van der Waals surface area contributed by atoms with Crippen molar-refractivity contribution in [3.05, 3.63) is 35.4 Å². The van der Waals surface area contributed by atoms with Crippen molar-refractivity contribution in [3.63, 3.8) is 0 Å². The molecule has 0 spiro atoms. The van der Waals surface area contributed by atoms with Gasteiger partial charge in [-0.15, -0.1) is 23.5 Å². The molecule has 1 aliphatic heterocycles. The number of carbonyl (C=O) groups excluding carboxylic acids is 1. The lowest BCUT2D eigenvalue weighted by Gasteiger charge is -2.25. The second kappa shape index (κ2) is 7.39. The first kappa shape index (κ1) is 17.2. The van der Waals surface area contributed by atoms with Crippen LogP contribution in [0.15, 0.2) is 24.3 Å². The van der Waals surface area contributed by atoms with Crippen molar-refractivity contribution in [2.24, 2.45) is 0 Å². The lowest BCUT2D eigenvalue weighted by atomic mass is 10.0. The van der Waals surface area contributed by atoms with E-state index in [4.69, 9.17) is 4.74 Å². The summed E-state index contributed by atoms with van der Waals surface area (Å²) in [5.41, 5.74) is 0.184. The molecule has 0 bridgehead atoms. The van der Waals surface area contributed by atoms with Gasteiger partial charge in [0, 0.05) is 24.2 Å². The highest BCUT2D eigenvalue weighted by Gasteiger charge is 2.35. The van der Waals surface area contributed by atoms with Gasteiger partial charge in [-0.3, -0.25) is 4.79 Å². The Kier molecular flexibility index (Phi) is 5.77. The summed E-state index contributed by atoms with van der Waals surface area (Å²) in [6, 6.07) is 7.33. The fraction of sp³-hybridized carbons (Fsp3) is 0.467. The Morgan fingerprint density at radius 3 is 2.41 bits per heavy atom. The molecule has 1 saturated heterocycles. The topological polar surface area (TPSA) is 75.6 Å². The van der Waals surface area contributed by atoms with E-state index in [0.29, 0.717) is 10.1 Å². The van der Waals surface area contributed by atoms with Crippen LogP contribution in [0.4, 0.5) is 0 Å². The molecule has 2 rings (SSSR count). The molecule has 120 valence electrons. The summed E-state index contributed by atoms with van der Waals surface area (Å²) in [4.78, 5) is 23.5. The standard InChI is InChI=1S/C15H19NO4S2/c1-15(9-20-2,14(18)19)16-12(17)10-3-5-11(6-4-10)13-21-7-8-22-13/h3-6,13H,7-9H2,1-2H3,(H,16,17)(H,18,19). The minimum atomic E-state index is -1.44. The van der Waals surface area contributed by atoms with E-state index >= 15 is 0 Å². The first-order chi connectivity index (χ1) is 10.5. The van der Waals surface area contributed by atoms with Gasteiger partial charge in [-0.1, -0.05) is 12.1 Å². The smallest absolute Gasteiger partial charge is 0.331 e. The highest BCUT2D eigenvalue weighted by atomic mass is 32.2. The Bertz CT molecular complexity index is 543. The van der Waals surface area contributed by atoms with Crippen LogP contribution in [0.3, 0.4) is 0 Å². The largest absolute Gasteiger partial charge is 0.479 e. The van der Waals surface area contributed by atoms with Gasteiger partial charge in [-0.25, -0.2) is 4.79 Å². The van der Waals surface area contributed by atoms with Crippen LogP contribution < -0.4 is 5.32 Å². The maximum Gasteiger partial charge on any atom is 0.331 e. The van der Waals surface area contributed by atoms with Crippen molar-refractivity contribution >= 4 is 35.4 Å². The zero-order valence-corrected chi connectivity index (χ0v) is 14.1. The van der Waals surface area contributed by atoms with Gasteiger partial charge in [0.25, 0.3) is 5.91 Å². The Morgan fingerprint density at radius 1 is 1.32 bits per heavy atom. The van der Waals surface area contributed by atoms with Crippen molar-refractivity contribution in [3.8, 4) is 0 Å². The number of carbonyl (C=O) groups is 2. The van der Waals surface area contributed by atoms with E-state index in [9.17, 15) is 14.7 Å². The highest BCUT2D eigenvalue weighted by Crippen LogP contribution is 2.45. The number of carboxylic acids is 1. The molecule has 1 fully saturated rings. The first-order valence-electron chi connectivity index (χ1n) is 6.84. The zero-order chi connectivity index (χ0) is 16.2. The third-order valence-corrected chi connectivity index (χ3v) is 6.47. The third kappa shape index (κ3) is 3.97. The summed E-state index contributed by atoms with van der Waals surface area (Å²) in [7, 11) is 1.40. The molecule has 1 unspecified atom stereocenters. The van der Waals surface area contributed by atoms with Crippen molar-refractivity contribution in [2.75, 3.05) is 25.2 Å². The van der Waals surface area contributed by atoms with Crippen molar-refractivity contribution in [1.82, 2.24) is 5.32 Å². The van der Waals surface area contributed by atoms with Crippen LogP contribution in [-0.2, 0) is 9.53 Å². The molecule has 1 amide bonds. The predicted octanol–water partition coefficient (Wildman–Crippen LogP) is 2.38. The Hall–Kier alpha value is -1.18. The number of ether oxygens (including phenoxy) is 1. The van der Waals surface area contributed by atoms with Crippen molar-refractivity contribution < 1.29 is 19.4 Å². The molecule has 0 aliphatic carbocycles. The average molecular weight is 341 g/mol. The van der Waals surface area contributed by atoms with Gasteiger partial charge < -0.3 is 15.2 Å². The highest BCUT2D eigenvalue weighted by molar-refractivity contribution is 8.19. The Balaban J connectivity index is 2.07. The van der Waals surface area contributed by atoms with E-state index < -0.39 is 17.4 Å². The SMILES string of the molecule is COCC(C)(NC(=O)c1ccc(C2SCCS2)cc1)C(=O)O. The summed E-state index contributed by atoms with van der Waals surface area (Å²) >= 11 is 3.80. The number of hydrogen-bond donors (Lipinski definition) is 2. The number of thioether (sulfide) groups is 2. The predicted molar refractivity (Wildman–Crippen MR) is 89.5 cm³/mol. The lowest BCUT2D eigenvalue weighted by Crippen LogP contribution is -2.55. The summed E-state index contributed by atoms with van der Waals surface area (Å²) in [6.07, 6.45) is 0. The minimum Gasteiger partial charge on any atom is -0.479 e. The molecule has 0 aromatic heterocycles. The first-order valence-corrected chi connectivity index (χ1v) is 8.94. The molecule has 1 heterocycles. The number of aliphatic carboxylic acids is 1. The van der Waals surface area contributed by atoms with Crippen LogP contribution in [0.25, 0.3) is 0 Å². The molecule has 22 heavy (non-hydrogen) atoms. The molecule has 0 saturated carbocycles. The van der Waals surface area contributed by atoms with Gasteiger partial charge in [0.05, 0.1) is 11.2 Å². The van der Waals surface area contributed by atoms with E-state index in [1.54, 1.807) is 12.1 Å². The summed E-state index contributed by atoms with van der Waals surface area (Å²) in [6.45, 7) is 1.33. The van der Waals surface area contributed by atoms with Crippen molar-refractivity contribution in [1.29, 1.82) is 0 Å². The lowest BCUT2D eigenvalue weighted by molar-refractivity contribution is -0.145. The molecule has 7 heteroatoms. The molecule has 1 aromatic carbocycles. The second-order valence-corrected chi connectivity index (χ2v) is 7.94. The number of carboxylic acid groups (broad SMARTS) is 1. The average Bonchev–Trinajstić information content (AvgIpc) is 3.01. The maximum absolute atomic E-state index is 12.2. The summed E-state index contributed by atoms with van der Waals surface area (Å²) in [5.74, 6) is 0.746. The number of nitrogens with one attached hydrogen (secondary N) is 1. The molecule has 1 atom stereocenters. The van der Waals surface area contributed by atoms with Crippen LogP contribution in [0, 0.1) is 0 Å². The quantitative estimate of drug-likeness (QED) is 0.827. The summed E-state index contributed by atoms with van der Waals surface area (Å²) in [5, 5.41) is 11.8. The monoisotopic (exact) mass is 341 g/mol. The molecular formula is C15H19NO4S2. The number of hydrogen-bond acceptors (Lipinski definition) is 5. The van der Waals surface area contributed by atoms with Gasteiger partial charge in [0.1, 0.15) is 0 Å². The van der Waals surface area contributed by atoms with Gasteiger partial charge >= 0.3 is 5.97 Å². The minimum absolute atomic E-state index is 0.0957. The normalized spacial score (nSPS) is 17.9. The fourth-order valence-electron chi connectivity index (χ4n) is 2.11. The molecule has 1 aliphatic rings. The van der Waals surface area contributed by atoms with Crippen LogP contribution in [0.2, 0.25) is 0 Å². The summed E-state index contributed by atoms with van der Waals surface area (Å²) < 4.78 is 5.32. The van der Waals surface area contributed by atoms with E-state index in [2.05, 4.69) is 5.32 Å². The number of methoxy groups -OCH3 is 1. The van der Waals surface area contributed by atoms with Crippen LogP contribution in [0.5, 0.6) is 0 Å². The van der Waals surface area contributed by atoms with Gasteiger partial charge in [-0.05, 0) is 24.6 Å². The Morgan fingerprint density at radius 2 is 1.91 bits per heavy atom. The number of amides is 1. The Labute approximate surface area is 138 Å². The molecule has 5 nitrogen and oxygen atoms in total. The van der Waals surface area contributed by atoms with Gasteiger partial charge in [0.15, 0.2) is 5.54 Å². The maximum atomic E-state index is 12.2. The molecule has 1 aromatic rings. The molecule has 0 radical (unpaired) electrons. The van der Waals surface area contributed by atoms with Crippen molar-refractivity contribution in [2.45, 2.75) is 17.0 Å². The van der Waals surface area contributed by atoms with Crippen LogP contribution >= 0.6 is 23.5 Å². The van der Waals surface area contributed by atoms with Crippen LogP contribution in [0.1, 0.15) is 27.4 Å². The van der Waals surface area contributed by atoms with E-state index in [1.807, 2.05) is 35.7 Å². The fourth-order valence-corrected chi connectivity index (χ4v) is 4.96. The molecule has 2 N–H and O–H groups in total. The molecular weight excluding hydrogens is 322 g/mol. The van der Waals surface area contributed by atoms with Gasteiger partial charge in [0.2, 0.25) is 0 Å². The van der Waals surface area contributed by atoms with E-state index in [0.717, 1.165) is 11.5 Å². The number of benzene rings is 1. The zero-order valence-electron chi connectivity index (χ0n) is 12.5. The number of rotatable bonds is 6.